The number of phenols is 1. The van der Waals surface area contributed by atoms with Gasteiger partial charge in [-0.05, 0) is 64.7 Å². The van der Waals surface area contributed by atoms with E-state index in [0.717, 1.165) is 19.3 Å². The van der Waals surface area contributed by atoms with E-state index in [1.165, 1.54) is 5.56 Å². The maximum absolute atomic E-state index is 9.44. The number of rotatable bonds is 4. The number of hydrogen-bond donors (Lipinski definition) is 3. The van der Waals surface area contributed by atoms with Crippen LogP contribution in [0.2, 0.25) is 0 Å². The van der Waals surface area contributed by atoms with Crippen molar-refractivity contribution in [2.75, 3.05) is 0 Å². The van der Waals surface area contributed by atoms with Crippen LogP contribution < -0.4 is 10.6 Å². The maximum Gasteiger partial charge on any atom is 0.115 e. The summed E-state index contributed by atoms with van der Waals surface area (Å²) in [6, 6.07) is 8.45. The van der Waals surface area contributed by atoms with E-state index in [1.807, 2.05) is 12.1 Å². The molecule has 0 amide bonds. The number of piperidine rings is 1. The molecule has 0 radical (unpaired) electrons. The summed E-state index contributed by atoms with van der Waals surface area (Å²) in [5.74, 6) is 0.331. The molecule has 118 valence electrons. The SMILES string of the molecule is CCC(NC1CC(C)(C)NC(C)(C)C1)c1ccc(O)cc1. The lowest BCUT2D eigenvalue weighted by molar-refractivity contribution is 0.139. The maximum atomic E-state index is 9.44. The Morgan fingerprint density at radius 2 is 1.67 bits per heavy atom. The Balaban J connectivity index is 2.09. The first-order chi connectivity index (χ1) is 9.71. The second-order valence-corrected chi connectivity index (χ2v) is 7.72. The van der Waals surface area contributed by atoms with E-state index in [0.29, 0.717) is 17.8 Å². The number of phenolic OH excluding ortho intramolecular Hbond substituents is 1. The van der Waals surface area contributed by atoms with Crippen molar-refractivity contribution in [2.24, 2.45) is 0 Å². The lowest BCUT2D eigenvalue weighted by Crippen LogP contribution is -2.61. The monoisotopic (exact) mass is 290 g/mol. The largest absolute Gasteiger partial charge is 0.508 e. The molecule has 2 rings (SSSR count). The third-order valence-corrected chi connectivity index (χ3v) is 4.33. The van der Waals surface area contributed by atoms with Gasteiger partial charge in [-0.25, -0.2) is 0 Å². The minimum atomic E-state index is 0.159. The van der Waals surface area contributed by atoms with Crippen molar-refractivity contribution in [1.29, 1.82) is 0 Å². The molecule has 1 aliphatic heterocycles. The first-order valence-corrected chi connectivity index (χ1v) is 8.05. The average molecular weight is 290 g/mol. The van der Waals surface area contributed by atoms with E-state index in [1.54, 1.807) is 12.1 Å². The molecule has 1 aromatic rings. The van der Waals surface area contributed by atoms with Crippen LogP contribution >= 0.6 is 0 Å². The average Bonchev–Trinajstić information content (AvgIpc) is 2.33. The first-order valence-electron chi connectivity index (χ1n) is 8.05. The molecule has 0 aromatic heterocycles. The lowest BCUT2D eigenvalue weighted by Gasteiger charge is -2.47. The van der Waals surface area contributed by atoms with Crippen LogP contribution in [0.15, 0.2) is 24.3 Å². The van der Waals surface area contributed by atoms with Crippen molar-refractivity contribution in [3.05, 3.63) is 29.8 Å². The van der Waals surface area contributed by atoms with Gasteiger partial charge in [0.25, 0.3) is 0 Å². The van der Waals surface area contributed by atoms with Crippen LogP contribution in [0.1, 0.15) is 65.5 Å². The molecular formula is C18H30N2O. The fourth-order valence-corrected chi connectivity index (χ4v) is 3.88. The lowest BCUT2D eigenvalue weighted by atomic mass is 9.79. The van der Waals surface area contributed by atoms with Crippen LogP contribution in [0.5, 0.6) is 5.75 Å². The Morgan fingerprint density at radius 1 is 1.14 bits per heavy atom. The Hall–Kier alpha value is -1.06. The van der Waals surface area contributed by atoms with Crippen molar-refractivity contribution in [2.45, 2.75) is 77.0 Å². The van der Waals surface area contributed by atoms with Crippen LogP contribution in [0.3, 0.4) is 0 Å². The van der Waals surface area contributed by atoms with Crippen LogP contribution in [0.4, 0.5) is 0 Å². The zero-order valence-corrected chi connectivity index (χ0v) is 14.0. The summed E-state index contributed by atoms with van der Waals surface area (Å²) < 4.78 is 0. The molecule has 3 N–H and O–H groups in total. The summed E-state index contributed by atoms with van der Waals surface area (Å²) in [4.78, 5) is 0. The van der Waals surface area contributed by atoms with Gasteiger partial charge in [-0.2, -0.15) is 0 Å². The van der Waals surface area contributed by atoms with Gasteiger partial charge in [0.15, 0.2) is 0 Å². The van der Waals surface area contributed by atoms with Gasteiger partial charge in [-0.15, -0.1) is 0 Å². The van der Waals surface area contributed by atoms with Gasteiger partial charge in [0.05, 0.1) is 0 Å². The molecule has 0 saturated carbocycles. The highest BCUT2D eigenvalue weighted by Crippen LogP contribution is 2.30. The fraction of sp³-hybridized carbons (Fsp3) is 0.667. The summed E-state index contributed by atoms with van der Waals surface area (Å²) in [6.07, 6.45) is 3.31. The standard InChI is InChI=1S/C18H30N2O/c1-6-16(13-7-9-15(21)10-8-13)19-14-11-17(2,3)20-18(4,5)12-14/h7-10,14,16,19-21H,6,11-12H2,1-5H3. The highest BCUT2D eigenvalue weighted by atomic mass is 16.3. The topological polar surface area (TPSA) is 44.3 Å². The molecule has 3 heteroatoms. The minimum Gasteiger partial charge on any atom is -0.508 e. The molecule has 1 aromatic carbocycles. The van der Waals surface area contributed by atoms with Gasteiger partial charge in [0.2, 0.25) is 0 Å². The van der Waals surface area contributed by atoms with E-state index in [9.17, 15) is 5.11 Å². The number of aromatic hydroxyl groups is 1. The molecule has 0 bridgehead atoms. The van der Waals surface area contributed by atoms with Gasteiger partial charge in [-0.3, -0.25) is 0 Å². The van der Waals surface area contributed by atoms with Crippen LogP contribution in [-0.2, 0) is 0 Å². The summed E-state index contributed by atoms with van der Waals surface area (Å²) in [6.45, 7) is 11.3. The van der Waals surface area contributed by atoms with Crippen molar-refractivity contribution >= 4 is 0 Å². The van der Waals surface area contributed by atoms with E-state index in [2.05, 4.69) is 45.3 Å². The summed E-state index contributed by atoms with van der Waals surface area (Å²) in [5, 5.41) is 17.0. The first kappa shape index (κ1) is 16.3. The molecule has 3 nitrogen and oxygen atoms in total. The Kier molecular flexibility index (Phi) is 4.64. The summed E-state index contributed by atoms with van der Waals surface area (Å²) >= 11 is 0. The van der Waals surface area contributed by atoms with Crippen molar-refractivity contribution in [1.82, 2.24) is 10.6 Å². The second-order valence-electron chi connectivity index (χ2n) is 7.72. The number of benzene rings is 1. The molecule has 1 heterocycles. The molecule has 1 aliphatic rings. The quantitative estimate of drug-likeness (QED) is 0.791. The van der Waals surface area contributed by atoms with Crippen LogP contribution in [0.25, 0.3) is 0 Å². The van der Waals surface area contributed by atoms with Crippen molar-refractivity contribution in [3.8, 4) is 5.75 Å². The van der Waals surface area contributed by atoms with Crippen molar-refractivity contribution < 1.29 is 5.11 Å². The predicted octanol–water partition coefficient (Wildman–Crippen LogP) is 3.74. The Bertz CT molecular complexity index is 449. The summed E-state index contributed by atoms with van der Waals surface area (Å²) in [5.41, 5.74) is 1.57. The zero-order valence-electron chi connectivity index (χ0n) is 14.0. The molecule has 0 aliphatic carbocycles. The third-order valence-electron chi connectivity index (χ3n) is 4.33. The zero-order chi connectivity index (χ0) is 15.7. The predicted molar refractivity (Wildman–Crippen MR) is 88.6 cm³/mol. The van der Waals surface area contributed by atoms with E-state index in [-0.39, 0.29) is 11.1 Å². The van der Waals surface area contributed by atoms with E-state index >= 15 is 0 Å². The van der Waals surface area contributed by atoms with Crippen LogP contribution in [-0.4, -0.2) is 22.2 Å². The second kappa shape index (κ2) is 5.98. The smallest absolute Gasteiger partial charge is 0.115 e. The molecule has 1 fully saturated rings. The number of hydrogen-bond acceptors (Lipinski definition) is 3. The minimum absolute atomic E-state index is 0.159. The van der Waals surface area contributed by atoms with Gasteiger partial charge in [-0.1, -0.05) is 19.1 Å². The fourth-order valence-electron chi connectivity index (χ4n) is 3.88. The Morgan fingerprint density at radius 3 is 2.14 bits per heavy atom. The third kappa shape index (κ3) is 4.45. The molecule has 0 spiro atoms. The molecule has 1 saturated heterocycles. The Labute approximate surface area is 129 Å². The van der Waals surface area contributed by atoms with Crippen LogP contribution in [0, 0.1) is 0 Å². The summed E-state index contributed by atoms with van der Waals surface area (Å²) in [7, 11) is 0. The van der Waals surface area contributed by atoms with Gasteiger partial charge in [0, 0.05) is 23.2 Å². The van der Waals surface area contributed by atoms with Crippen molar-refractivity contribution in [3.63, 3.8) is 0 Å². The van der Waals surface area contributed by atoms with Gasteiger partial charge >= 0.3 is 0 Å². The number of nitrogens with one attached hydrogen (secondary N) is 2. The van der Waals surface area contributed by atoms with E-state index < -0.39 is 0 Å². The van der Waals surface area contributed by atoms with Gasteiger partial charge in [0.1, 0.15) is 5.75 Å². The highest BCUT2D eigenvalue weighted by molar-refractivity contribution is 5.28. The molecule has 1 unspecified atom stereocenters. The molecular weight excluding hydrogens is 260 g/mol. The normalized spacial score (nSPS) is 22.9. The highest BCUT2D eigenvalue weighted by Gasteiger charge is 2.38. The molecule has 1 atom stereocenters. The van der Waals surface area contributed by atoms with Gasteiger partial charge < -0.3 is 15.7 Å². The van der Waals surface area contributed by atoms with E-state index in [4.69, 9.17) is 0 Å². The molecule has 21 heavy (non-hydrogen) atoms.